The number of phenolic OH excluding ortho intramolecular Hbond substituents is 1. The number of nitrogens with zero attached hydrogens (tertiary/aromatic N) is 1. The van der Waals surface area contributed by atoms with Crippen LogP contribution in [0.2, 0.25) is 0 Å². The first-order valence-corrected chi connectivity index (χ1v) is 11.6. The molecule has 6 nitrogen and oxygen atoms in total. The number of aromatic hydroxyl groups is 1. The molecule has 2 unspecified atom stereocenters. The normalized spacial score (nSPS) is 29.2. The standard InChI is InChI=1S/C20H29NO.H3O4P/c22-19-9-2-7-17(13-19)20-10-3-8-18(20)15-21(12-4-11-20)14-16-5-1-6-16;1-5(2,3)4/h2,7,9,13,16,18,22H,1,3-6,8,10-12,14-15H2;(H3,1,2,3,4). The second-order valence-corrected chi connectivity index (χ2v) is 9.50. The number of hydrogen-bond donors (Lipinski definition) is 4. The first kappa shape index (κ1) is 20.8. The molecule has 4 rings (SSSR count). The Kier molecular flexibility index (Phi) is 6.65. The molecule has 152 valence electrons. The van der Waals surface area contributed by atoms with Crippen LogP contribution in [0.4, 0.5) is 0 Å². The average Bonchev–Trinajstić information content (AvgIpc) is 2.84. The van der Waals surface area contributed by atoms with E-state index < -0.39 is 7.82 Å². The summed E-state index contributed by atoms with van der Waals surface area (Å²) in [6.45, 7) is 3.91. The van der Waals surface area contributed by atoms with Gasteiger partial charge in [0.1, 0.15) is 5.75 Å². The van der Waals surface area contributed by atoms with Gasteiger partial charge >= 0.3 is 7.82 Å². The van der Waals surface area contributed by atoms with Crippen LogP contribution < -0.4 is 0 Å². The van der Waals surface area contributed by atoms with Crippen molar-refractivity contribution in [3.8, 4) is 5.75 Å². The summed E-state index contributed by atoms with van der Waals surface area (Å²) in [5.41, 5.74) is 1.74. The molecule has 0 radical (unpaired) electrons. The minimum absolute atomic E-state index is 0.340. The Bertz CT molecular complexity index is 666. The smallest absolute Gasteiger partial charge is 0.466 e. The van der Waals surface area contributed by atoms with E-state index in [1.165, 1.54) is 76.6 Å². The minimum Gasteiger partial charge on any atom is -0.508 e. The van der Waals surface area contributed by atoms with Gasteiger partial charge in [0.05, 0.1) is 0 Å². The van der Waals surface area contributed by atoms with Gasteiger partial charge in [-0.05, 0) is 80.0 Å². The second-order valence-electron chi connectivity index (χ2n) is 8.47. The predicted octanol–water partition coefficient (Wildman–Crippen LogP) is 3.40. The van der Waals surface area contributed by atoms with E-state index in [0.29, 0.717) is 11.2 Å². The van der Waals surface area contributed by atoms with Gasteiger partial charge in [-0.3, -0.25) is 0 Å². The second kappa shape index (κ2) is 8.62. The fourth-order valence-electron chi connectivity index (χ4n) is 5.31. The van der Waals surface area contributed by atoms with Crippen LogP contribution in [0.3, 0.4) is 0 Å². The largest absolute Gasteiger partial charge is 0.508 e. The molecule has 3 aliphatic rings. The Morgan fingerprint density at radius 3 is 2.41 bits per heavy atom. The molecule has 3 fully saturated rings. The van der Waals surface area contributed by atoms with Crippen molar-refractivity contribution in [2.75, 3.05) is 19.6 Å². The van der Waals surface area contributed by atoms with Crippen molar-refractivity contribution in [2.45, 2.75) is 56.8 Å². The SMILES string of the molecule is O=P(O)(O)O.Oc1cccc(C23CCCC2CN(CC2CCC2)CCC3)c1. The molecule has 2 atom stereocenters. The number of benzene rings is 1. The summed E-state index contributed by atoms with van der Waals surface area (Å²) in [5.74, 6) is 2.21. The summed E-state index contributed by atoms with van der Waals surface area (Å²) in [5, 5.41) is 9.93. The van der Waals surface area contributed by atoms with Crippen molar-refractivity contribution in [2.24, 2.45) is 11.8 Å². The summed E-state index contributed by atoms with van der Waals surface area (Å²) < 4.78 is 8.88. The zero-order chi connectivity index (χ0) is 19.5. The van der Waals surface area contributed by atoms with E-state index in [4.69, 9.17) is 19.2 Å². The minimum atomic E-state index is -4.64. The molecule has 2 saturated carbocycles. The van der Waals surface area contributed by atoms with Gasteiger partial charge in [-0.2, -0.15) is 0 Å². The Balaban J connectivity index is 0.000000376. The Hall–Kier alpha value is -0.910. The molecule has 1 heterocycles. The van der Waals surface area contributed by atoms with Gasteiger partial charge in [-0.25, -0.2) is 4.57 Å². The predicted molar refractivity (Wildman–Crippen MR) is 104 cm³/mol. The number of rotatable bonds is 3. The lowest BCUT2D eigenvalue weighted by molar-refractivity contribution is 0.158. The Labute approximate surface area is 161 Å². The average molecular weight is 397 g/mol. The molecule has 0 aromatic heterocycles. The topological polar surface area (TPSA) is 101 Å². The van der Waals surface area contributed by atoms with E-state index >= 15 is 0 Å². The van der Waals surface area contributed by atoms with Crippen LogP contribution in [-0.2, 0) is 9.98 Å². The van der Waals surface area contributed by atoms with E-state index in [1.807, 2.05) is 18.2 Å². The van der Waals surface area contributed by atoms with Gasteiger partial charge < -0.3 is 24.7 Å². The van der Waals surface area contributed by atoms with Crippen molar-refractivity contribution in [1.82, 2.24) is 4.90 Å². The van der Waals surface area contributed by atoms with Crippen molar-refractivity contribution in [1.29, 1.82) is 0 Å². The first-order valence-electron chi connectivity index (χ1n) is 10.1. The van der Waals surface area contributed by atoms with E-state index in [-0.39, 0.29) is 0 Å². The van der Waals surface area contributed by atoms with Crippen molar-refractivity contribution < 1.29 is 24.4 Å². The van der Waals surface area contributed by atoms with Gasteiger partial charge in [0, 0.05) is 13.1 Å². The monoisotopic (exact) mass is 397 g/mol. The molecular formula is C20H32NO5P. The molecule has 4 N–H and O–H groups in total. The van der Waals surface area contributed by atoms with Crippen LogP contribution in [0.5, 0.6) is 5.75 Å². The van der Waals surface area contributed by atoms with Crippen LogP contribution in [0.25, 0.3) is 0 Å². The van der Waals surface area contributed by atoms with Crippen LogP contribution >= 0.6 is 7.82 Å². The third-order valence-corrected chi connectivity index (χ3v) is 6.69. The Morgan fingerprint density at radius 2 is 1.78 bits per heavy atom. The third-order valence-electron chi connectivity index (χ3n) is 6.69. The molecule has 0 bridgehead atoms. The molecule has 27 heavy (non-hydrogen) atoms. The molecular weight excluding hydrogens is 365 g/mol. The zero-order valence-corrected chi connectivity index (χ0v) is 16.7. The van der Waals surface area contributed by atoms with E-state index in [1.54, 1.807) is 0 Å². The fourth-order valence-corrected chi connectivity index (χ4v) is 5.31. The van der Waals surface area contributed by atoms with Crippen LogP contribution in [-0.4, -0.2) is 44.3 Å². The molecule has 0 amide bonds. The van der Waals surface area contributed by atoms with Crippen LogP contribution in [0, 0.1) is 11.8 Å². The van der Waals surface area contributed by atoms with Gasteiger partial charge in [-0.15, -0.1) is 0 Å². The van der Waals surface area contributed by atoms with Gasteiger partial charge in [-0.1, -0.05) is 25.0 Å². The molecule has 1 saturated heterocycles. The summed E-state index contributed by atoms with van der Waals surface area (Å²) in [4.78, 5) is 24.3. The van der Waals surface area contributed by atoms with Crippen molar-refractivity contribution >= 4 is 7.82 Å². The lowest BCUT2D eigenvalue weighted by atomic mass is 9.69. The summed E-state index contributed by atoms with van der Waals surface area (Å²) >= 11 is 0. The third kappa shape index (κ3) is 5.55. The molecule has 1 aromatic rings. The van der Waals surface area contributed by atoms with Gasteiger partial charge in [0.2, 0.25) is 0 Å². The van der Waals surface area contributed by atoms with Gasteiger partial charge in [0.25, 0.3) is 0 Å². The molecule has 1 aliphatic heterocycles. The number of phenols is 1. The highest BCUT2D eigenvalue weighted by atomic mass is 31.2. The first-order chi connectivity index (χ1) is 12.8. The zero-order valence-electron chi connectivity index (χ0n) is 15.8. The fraction of sp³-hybridized carbons (Fsp3) is 0.700. The van der Waals surface area contributed by atoms with Crippen LogP contribution in [0.15, 0.2) is 24.3 Å². The maximum atomic E-state index is 9.93. The highest BCUT2D eigenvalue weighted by Crippen LogP contribution is 2.51. The molecule has 1 aromatic carbocycles. The van der Waals surface area contributed by atoms with E-state index in [2.05, 4.69) is 11.0 Å². The van der Waals surface area contributed by atoms with E-state index in [0.717, 1.165) is 11.8 Å². The summed E-state index contributed by atoms with van der Waals surface area (Å²) in [7, 11) is -4.64. The molecule has 0 spiro atoms. The number of fused-ring (bicyclic) bond motifs is 1. The lowest BCUT2D eigenvalue weighted by Gasteiger charge is -2.37. The van der Waals surface area contributed by atoms with E-state index in [9.17, 15) is 5.11 Å². The number of likely N-dealkylation sites (tertiary alicyclic amines) is 1. The van der Waals surface area contributed by atoms with Crippen molar-refractivity contribution in [3.05, 3.63) is 29.8 Å². The highest BCUT2D eigenvalue weighted by Gasteiger charge is 2.45. The molecule has 2 aliphatic carbocycles. The highest BCUT2D eigenvalue weighted by molar-refractivity contribution is 7.45. The maximum Gasteiger partial charge on any atom is 0.466 e. The maximum absolute atomic E-state index is 9.93. The van der Waals surface area contributed by atoms with Crippen LogP contribution in [0.1, 0.15) is 56.9 Å². The van der Waals surface area contributed by atoms with Crippen molar-refractivity contribution in [3.63, 3.8) is 0 Å². The quantitative estimate of drug-likeness (QED) is 0.583. The number of hydrogen-bond acceptors (Lipinski definition) is 3. The number of phosphoric acid groups is 1. The van der Waals surface area contributed by atoms with Gasteiger partial charge in [0.15, 0.2) is 0 Å². The summed E-state index contributed by atoms with van der Waals surface area (Å²) in [6.07, 6.45) is 11.0. The molecule has 7 heteroatoms. The Morgan fingerprint density at radius 1 is 1.07 bits per heavy atom. The summed E-state index contributed by atoms with van der Waals surface area (Å²) in [6, 6.07) is 8.15. The lowest BCUT2D eigenvalue weighted by Crippen LogP contribution is -2.38.